The summed E-state index contributed by atoms with van der Waals surface area (Å²) in [5.41, 5.74) is 2.97. The van der Waals surface area contributed by atoms with Crippen LogP contribution in [0.2, 0.25) is 0 Å². The second-order valence-electron chi connectivity index (χ2n) is 10.3. The molecule has 0 bridgehead atoms. The molecule has 1 saturated carbocycles. The largest absolute Gasteiger partial charge is 0.455 e. The standard InChI is InChI=1S/C22H31N5O7/c1-10(2)13(26-19(30)34-20(3,4)5)17(28)32-14-15-22(14,31)18(29)21(6,33-15)12-8-7-11-16(23)24-9-25-27(11)12/h7-10,13-15,18,29,31H,1-6H3,(H,26,30)(H2,23,24,25)/t13-,14?,15+,18-,21-,22+/m0/s1. The van der Waals surface area contributed by atoms with Gasteiger partial charge in [-0.3, -0.25) is 0 Å². The Bertz CT molecular complexity index is 1130. The number of rotatable bonds is 5. The zero-order valence-electron chi connectivity index (χ0n) is 20.0. The highest BCUT2D eigenvalue weighted by Crippen LogP contribution is 2.59. The third-order valence-electron chi connectivity index (χ3n) is 6.24. The van der Waals surface area contributed by atoms with Gasteiger partial charge < -0.3 is 35.5 Å². The number of aromatic nitrogens is 3. The maximum absolute atomic E-state index is 12.8. The quantitative estimate of drug-likeness (QED) is 0.444. The normalized spacial score (nSPS) is 31.3. The van der Waals surface area contributed by atoms with E-state index >= 15 is 0 Å². The van der Waals surface area contributed by atoms with Crippen LogP contribution in [-0.4, -0.2) is 72.4 Å². The van der Waals surface area contributed by atoms with E-state index < -0.39 is 53.2 Å². The number of carbonyl (C=O) groups is 2. The average Bonchev–Trinajstić information content (AvgIpc) is 3.02. The van der Waals surface area contributed by atoms with E-state index in [0.29, 0.717) is 11.2 Å². The molecule has 5 N–H and O–H groups in total. The van der Waals surface area contributed by atoms with Gasteiger partial charge in [0.05, 0.1) is 5.69 Å². The Labute approximate surface area is 196 Å². The Morgan fingerprint density at radius 3 is 2.56 bits per heavy atom. The molecule has 0 radical (unpaired) electrons. The molecule has 1 saturated heterocycles. The summed E-state index contributed by atoms with van der Waals surface area (Å²) in [6.07, 6.45) is -2.98. The van der Waals surface area contributed by atoms with Crippen molar-refractivity contribution in [2.45, 2.75) is 82.7 Å². The Balaban J connectivity index is 1.48. The summed E-state index contributed by atoms with van der Waals surface area (Å²) < 4.78 is 18.2. The molecule has 2 aliphatic rings. The molecule has 6 atom stereocenters. The first-order valence-electron chi connectivity index (χ1n) is 11.1. The van der Waals surface area contributed by atoms with Crippen molar-refractivity contribution in [1.82, 2.24) is 19.9 Å². The van der Waals surface area contributed by atoms with Gasteiger partial charge in [0.15, 0.2) is 17.5 Å². The third kappa shape index (κ3) is 3.75. The van der Waals surface area contributed by atoms with Crippen molar-refractivity contribution in [3.8, 4) is 0 Å². The van der Waals surface area contributed by atoms with Crippen molar-refractivity contribution in [3.63, 3.8) is 0 Å². The van der Waals surface area contributed by atoms with Gasteiger partial charge in [-0.1, -0.05) is 13.8 Å². The number of amides is 1. The van der Waals surface area contributed by atoms with E-state index in [1.165, 1.54) is 10.8 Å². The number of nitrogens with one attached hydrogen (secondary N) is 1. The Kier molecular flexibility index (Phi) is 5.54. The van der Waals surface area contributed by atoms with Gasteiger partial charge in [0, 0.05) is 0 Å². The van der Waals surface area contributed by atoms with Crippen LogP contribution in [0.4, 0.5) is 10.6 Å². The van der Waals surface area contributed by atoms with E-state index in [0.717, 1.165) is 0 Å². The molecule has 2 aromatic rings. The van der Waals surface area contributed by atoms with Crippen molar-refractivity contribution in [2.24, 2.45) is 5.92 Å². The van der Waals surface area contributed by atoms with Crippen molar-refractivity contribution < 1.29 is 34.0 Å². The number of hydrogen-bond acceptors (Lipinski definition) is 10. The van der Waals surface area contributed by atoms with Gasteiger partial charge in [-0.05, 0) is 45.7 Å². The summed E-state index contributed by atoms with van der Waals surface area (Å²) in [7, 11) is 0. The third-order valence-corrected chi connectivity index (χ3v) is 6.24. The van der Waals surface area contributed by atoms with Crippen LogP contribution in [0.3, 0.4) is 0 Å². The number of aliphatic hydroxyl groups is 2. The van der Waals surface area contributed by atoms with Crippen molar-refractivity contribution >= 4 is 23.4 Å². The van der Waals surface area contributed by atoms with E-state index in [2.05, 4.69) is 15.4 Å². The summed E-state index contributed by atoms with van der Waals surface area (Å²) in [5, 5.41) is 28.9. The highest BCUT2D eigenvalue weighted by Gasteiger charge is 2.82. The lowest BCUT2D eigenvalue weighted by Crippen LogP contribution is -2.50. The smallest absolute Gasteiger partial charge is 0.408 e. The van der Waals surface area contributed by atoms with Gasteiger partial charge in [-0.2, -0.15) is 5.10 Å². The number of aliphatic hydroxyl groups excluding tert-OH is 1. The van der Waals surface area contributed by atoms with Gasteiger partial charge in [0.1, 0.15) is 41.3 Å². The molecule has 1 aliphatic heterocycles. The van der Waals surface area contributed by atoms with Crippen LogP contribution < -0.4 is 11.1 Å². The number of nitrogens with two attached hydrogens (primary N) is 1. The number of nitrogen functional groups attached to an aromatic ring is 1. The molecule has 3 heterocycles. The van der Waals surface area contributed by atoms with E-state index in [1.807, 2.05) is 0 Å². The molecule has 4 rings (SSSR count). The first kappa shape index (κ1) is 24.2. The number of fused-ring (bicyclic) bond motifs is 2. The lowest BCUT2D eigenvalue weighted by molar-refractivity contribution is -0.167. The molecule has 1 amide bonds. The lowest BCUT2D eigenvalue weighted by Gasteiger charge is -2.32. The first-order valence-corrected chi connectivity index (χ1v) is 11.1. The maximum Gasteiger partial charge on any atom is 0.408 e. The second kappa shape index (κ2) is 7.79. The molecule has 0 aromatic carbocycles. The van der Waals surface area contributed by atoms with E-state index in [1.54, 1.807) is 53.7 Å². The average molecular weight is 478 g/mol. The highest BCUT2D eigenvalue weighted by molar-refractivity contribution is 5.82. The predicted molar refractivity (Wildman–Crippen MR) is 118 cm³/mol. The van der Waals surface area contributed by atoms with Crippen LogP contribution in [-0.2, 0) is 24.6 Å². The molecule has 1 unspecified atom stereocenters. The zero-order chi connectivity index (χ0) is 25.2. The summed E-state index contributed by atoms with van der Waals surface area (Å²) in [5.74, 6) is -0.827. The van der Waals surface area contributed by atoms with E-state index in [9.17, 15) is 19.8 Å². The van der Waals surface area contributed by atoms with Crippen LogP contribution in [0.25, 0.3) is 5.52 Å². The van der Waals surface area contributed by atoms with Crippen LogP contribution in [0.5, 0.6) is 0 Å². The van der Waals surface area contributed by atoms with Crippen molar-refractivity contribution in [1.29, 1.82) is 0 Å². The van der Waals surface area contributed by atoms with Crippen molar-refractivity contribution in [2.75, 3.05) is 5.73 Å². The number of carbonyl (C=O) groups excluding carboxylic acids is 2. The van der Waals surface area contributed by atoms with Crippen LogP contribution in [0.1, 0.15) is 47.2 Å². The summed E-state index contributed by atoms with van der Waals surface area (Å²) in [6.45, 7) is 10.2. The topological polar surface area (TPSA) is 171 Å². The number of ether oxygens (including phenoxy) is 3. The molecule has 12 heteroatoms. The van der Waals surface area contributed by atoms with Gasteiger partial charge in [0.25, 0.3) is 0 Å². The Morgan fingerprint density at radius 1 is 1.32 bits per heavy atom. The number of nitrogens with zero attached hydrogens (tertiary/aromatic N) is 3. The second-order valence-corrected chi connectivity index (χ2v) is 10.3. The molecular formula is C22H31N5O7. The molecule has 186 valence electrons. The zero-order valence-corrected chi connectivity index (χ0v) is 20.0. The molecule has 2 aromatic heterocycles. The maximum atomic E-state index is 12.8. The molecule has 2 fully saturated rings. The van der Waals surface area contributed by atoms with Gasteiger partial charge in [0.2, 0.25) is 0 Å². The fraction of sp³-hybridized carbons (Fsp3) is 0.636. The van der Waals surface area contributed by atoms with E-state index in [-0.39, 0.29) is 11.7 Å². The van der Waals surface area contributed by atoms with Gasteiger partial charge >= 0.3 is 12.1 Å². The summed E-state index contributed by atoms with van der Waals surface area (Å²) in [4.78, 5) is 28.9. The fourth-order valence-corrected chi connectivity index (χ4v) is 4.38. The van der Waals surface area contributed by atoms with E-state index in [4.69, 9.17) is 19.9 Å². The molecule has 34 heavy (non-hydrogen) atoms. The first-order chi connectivity index (χ1) is 15.7. The minimum absolute atomic E-state index is 0.255. The van der Waals surface area contributed by atoms with Crippen LogP contribution in [0.15, 0.2) is 18.5 Å². The predicted octanol–water partition coefficient (Wildman–Crippen LogP) is 0.492. The molecule has 12 nitrogen and oxygen atoms in total. The minimum Gasteiger partial charge on any atom is -0.455 e. The number of anilines is 1. The number of alkyl carbamates (subject to hydrolysis) is 1. The fourth-order valence-electron chi connectivity index (χ4n) is 4.38. The summed E-state index contributed by atoms with van der Waals surface area (Å²) >= 11 is 0. The van der Waals surface area contributed by atoms with Gasteiger partial charge in [-0.15, -0.1) is 0 Å². The molecule has 1 aliphatic carbocycles. The number of esters is 1. The highest BCUT2D eigenvalue weighted by atomic mass is 16.6. The Hall–Kier alpha value is -2.96. The van der Waals surface area contributed by atoms with Crippen LogP contribution in [0, 0.1) is 5.92 Å². The molecular weight excluding hydrogens is 446 g/mol. The van der Waals surface area contributed by atoms with Crippen LogP contribution >= 0.6 is 0 Å². The minimum atomic E-state index is -1.82. The van der Waals surface area contributed by atoms with Gasteiger partial charge in [-0.25, -0.2) is 19.1 Å². The SMILES string of the molecule is CC(C)[C@H](NC(=O)OC(C)(C)C)C(=O)OC1[C@H]2O[C@@](C)(c3ccc4c(N)ncnn34)[C@H](O)[C@@]12O. The number of hydrogen-bond donors (Lipinski definition) is 4. The molecule has 0 spiro atoms. The monoisotopic (exact) mass is 477 g/mol. The van der Waals surface area contributed by atoms with Crippen molar-refractivity contribution in [3.05, 3.63) is 24.2 Å². The lowest BCUT2D eigenvalue weighted by atomic mass is 9.91. The summed E-state index contributed by atoms with van der Waals surface area (Å²) in [6, 6.07) is 2.35. The Morgan fingerprint density at radius 2 is 2.00 bits per heavy atom.